The van der Waals surface area contributed by atoms with E-state index < -0.39 is 0 Å². The lowest BCUT2D eigenvalue weighted by atomic mass is 10.1. The Hall–Kier alpha value is -2.72. The quantitative estimate of drug-likeness (QED) is 0.390. The van der Waals surface area contributed by atoms with Crippen LogP contribution in [-0.4, -0.2) is 14.4 Å². The van der Waals surface area contributed by atoms with Crippen LogP contribution in [0.4, 0.5) is 0 Å². The van der Waals surface area contributed by atoms with E-state index in [0.717, 1.165) is 43.3 Å². The van der Waals surface area contributed by atoms with Gasteiger partial charge in [-0.05, 0) is 30.3 Å². The number of hydrogen-bond donors (Lipinski definition) is 0. The summed E-state index contributed by atoms with van der Waals surface area (Å²) in [5.41, 5.74) is 5.97. The first-order valence-electron chi connectivity index (χ1n) is 7.73. The van der Waals surface area contributed by atoms with Crippen molar-refractivity contribution in [3.8, 4) is 11.3 Å². The van der Waals surface area contributed by atoms with E-state index in [1.54, 1.807) is 0 Å². The lowest BCUT2D eigenvalue weighted by Crippen LogP contribution is -1.91. The Kier molecular flexibility index (Phi) is 2.94. The summed E-state index contributed by atoms with van der Waals surface area (Å²) < 4.78 is 3.17. The Morgan fingerprint density at radius 1 is 0.792 bits per heavy atom. The van der Waals surface area contributed by atoms with E-state index in [2.05, 4.69) is 38.5 Å². The highest BCUT2D eigenvalue weighted by Gasteiger charge is 2.15. The number of fused-ring (bicyclic) bond motifs is 5. The van der Waals surface area contributed by atoms with E-state index in [1.807, 2.05) is 54.7 Å². The predicted molar refractivity (Wildman–Crippen MR) is 101 cm³/mol. The molecule has 0 radical (unpaired) electrons. The van der Waals surface area contributed by atoms with Gasteiger partial charge in [0.05, 0.1) is 16.7 Å². The maximum Gasteiger partial charge on any atom is 0.137 e. The minimum absolute atomic E-state index is 0.934. The van der Waals surface area contributed by atoms with Crippen molar-refractivity contribution in [2.24, 2.45) is 0 Å². The molecule has 0 saturated carbocycles. The van der Waals surface area contributed by atoms with Crippen LogP contribution in [0, 0.1) is 0 Å². The van der Waals surface area contributed by atoms with Gasteiger partial charge >= 0.3 is 0 Å². The molecular weight excluding hydrogens is 362 g/mol. The second kappa shape index (κ2) is 5.14. The molecule has 0 aliphatic rings. The van der Waals surface area contributed by atoms with Crippen LogP contribution in [0.2, 0.25) is 0 Å². The third-order valence-corrected chi connectivity index (χ3v) is 4.79. The van der Waals surface area contributed by atoms with E-state index in [4.69, 9.17) is 9.97 Å². The number of pyridine rings is 2. The molecule has 0 aliphatic carbocycles. The van der Waals surface area contributed by atoms with Crippen molar-refractivity contribution < 1.29 is 0 Å². The van der Waals surface area contributed by atoms with Crippen LogP contribution in [0.5, 0.6) is 0 Å². The molecule has 3 nitrogen and oxygen atoms in total. The van der Waals surface area contributed by atoms with Crippen molar-refractivity contribution in [2.45, 2.75) is 0 Å². The third kappa shape index (κ3) is 1.96. The van der Waals surface area contributed by atoms with Crippen LogP contribution in [-0.2, 0) is 0 Å². The lowest BCUT2D eigenvalue weighted by molar-refractivity contribution is 1.22. The molecule has 0 spiro atoms. The van der Waals surface area contributed by atoms with E-state index in [0.29, 0.717) is 0 Å². The number of benzene rings is 2. The second-order valence-electron chi connectivity index (χ2n) is 5.72. The molecular formula is C20H12BrN3. The highest BCUT2D eigenvalue weighted by Crippen LogP contribution is 2.33. The fourth-order valence-electron chi connectivity index (χ4n) is 3.16. The summed E-state index contributed by atoms with van der Waals surface area (Å²) in [5, 5.41) is 1.08. The zero-order valence-electron chi connectivity index (χ0n) is 12.6. The topological polar surface area (TPSA) is 30.2 Å². The molecule has 0 amide bonds. The molecule has 5 rings (SSSR count). The molecule has 0 saturated heterocycles. The van der Waals surface area contributed by atoms with Crippen molar-refractivity contribution in [1.29, 1.82) is 0 Å². The molecule has 5 aromatic rings. The normalized spacial score (nSPS) is 11.5. The zero-order chi connectivity index (χ0) is 16.1. The maximum atomic E-state index is 4.95. The summed E-state index contributed by atoms with van der Waals surface area (Å²) in [4.78, 5) is 9.81. The second-order valence-corrected chi connectivity index (χ2v) is 6.64. The summed E-state index contributed by atoms with van der Waals surface area (Å²) in [6.45, 7) is 0. The minimum atomic E-state index is 0.934. The molecule has 3 heterocycles. The summed E-state index contributed by atoms with van der Waals surface area (Å²) in [5.74, 6) is 0. The number of para-hydroxylation sites is 1. The van der Waals surface area contributed by atoms with E-state index in [-0.39, 0.29) is 0 Å². The van der Waals surface area contributed by atoms with Gasteiger partial charge in [0, 0.05) is 21.6 Å². The van der Waals surface area contributed by atoms with Gasteiger partial charge in [-0.3, -0.25) is 4.40 Å². The summed E-state index contributed by atoms with van der Waals surface area (Å²) in [7, 11) is 0. The monoisotopic (exact) mass is 373 g/mol. The van der Waals surface area contributed by atoms with E-state index in [1.165, 1.54) is 0 Å². The van der Waals surface area contributed by atoms with E-state index >= 15 is 0 Å². The first-order valence-corrected chi connectivity index (χ1v) is 8.52. The average Bonchev–Trinajstić information content (AvgIpc) is 3.02. The van der Waals surface area contributed by atoms with Gasteiger partial charge in [0.1, 0.15) is 11.2 Å². The molecule has 0 atom stereocenters. The zero-order valence-corrected chi connectivity index (χ0v) is 14.2. The Balaban J connectivity index is 2.01. The Morgan fingerprint density at radius 2 is 1.58 bits per heavy atom. The molecule has 0 fully saturated rings. The molecule has 0 unspecified atom stereocenters. The predicted octanol–water partition coefficient (Wildman–Crippen LogP) is 5.47. The summed E-state index contributed by atoms with van der Waals surface area (Å²) >= 11 is 3.50. The molecule has 24 heavy (non-hydrogen) atoms. The van der Waals surface area contributed by atoms with Crippen LogP contribution in [0.1, 0.15) is 0 Å². The molecule has 0 N–H and O–H groups in total. The van der Waals surface area contributed by atoms with Crippen molar-refractivity contribution in [2.75, 3.05) is 0 Å². The van der Waals surface area contributed by atoms with Crippen molar-refractivity contribution in [1.82, 2.24) is 14.4 Å². The summed E-state index contributed by atoms with van der Waals surface area (Å²) in [6.07, 6.45) is 2.05. The third-order valence-electron chi connectivity index (χ3n) is 4.26. The molecule has 0 aliphatic heterocycles. The Labute approximate surface area is 146 Å². The Morgan fingerprint density at radius 3 is 2.46 bits per heavy atom. The highest BCUT2D eigenvalue weighted by molar-refractivity contribution is 9.10. The molecule has 2 aromatic carbocycles. The number of halogens is 1. The van der Waals surface area contributed by atoms with Gasteiger partial charge < -0.3 is 0 Å². The molecule has 3 aromatic heterocycles. The van der Waals surface area contributed by atoms with Crippen LogP contribution in [0.25, 0.3) is 38.8 Å². The van der Waals surface area contributed by atoms with Gasteiger partial charge in [-0.25, -0.2) is 9.97 Å². The van der Waals surface area contributed by atoms with Gasteiger partial charge in [0.25, 0.3) is 0 Å². The van der Waals surface area contributed by atoms with Gasteiger partial charge in [-0.1, -0.05) is 52.3 Å². The fraction of sp³-hybridized carbons (Fsp3) is 0. The van der Waals surface area contributed by atoms with Crippen molar-refractivity contribution >= 4 is 43.5 Å². The number of rotatable bonds is 1. The largest absolute Gasteiger partial charge is 0.298 e. The van der Waals surface area contributed by atoms with Gasteiger partial charge in [0.15, 0.2) is 0 Å². The number of hydrogen-bond acceptors (Lipinski definition) is 2. The smallest absolute Gasteiger partial charge is 0.137 e. The number of aromatic nitrogens is 3. The number of nitrogens with zero attached hydrogens (tertiary/aromatic N) is 3. The van der Waals surface area contributed by atoms with Crippen LogP contribution < -0.4 is 0 Å². The summed E-state index contributed by atoms with van der Waals surface area (Å²) in [6, 6.07) is 22.5. The maximum absolute atomic E-state index is 4.95. The average molecular weight is 374 g/mol. The van der Waals surface area contributed by atoms with Gasteiger partial charge in [-0.2, -0.15) is 0 Å². The van der Waals surface area contributed by atoms with Gasteiger partial charge in [-0.15, -0.1) is 0 Å². The molecule has 4 heteroatoms. The van der Waals surface area contributed by atoms with Crippen LogP contribution in [0.15, 0.2) is 77.4 Å². The van der Waals surface area contributed by atoms with E-state index in [9.17, 15) is 0 Å². The fourth-order valence-corrected chi connectivity index (χ4v) is 3.43. The first kappa shape index (κ1) is 13.7. The van der Waals surface area contributed by atoms with Crippen LogP contribution in [0.3, 0.4) is 0 Å². The lowest BCUT2D eigenvalue weighted by Gasteiger charge is -2.07. The van der Waals surface area contributed by atoms with Crippen molar-refractivity contribution in [3.05, 3.63) is 77.4 Å². The SMILES string of the molecule is Brc1ccc(-c2nc3ccccc3c3nc4ccccn4c23)cc1. The number of imidazole rings is 1. The van der Waals surface area contributed by atoms with Crippen LogP contribution >= 0.6 is 15.9 Å². The first-order chi connectivity index (χ1) is 11.8. The minimum Gasteiger partial charge on any atom is -0.298 e. The molecule has 114 valence electrons. The highest BCUT2D eigenvalue weighted by atomic mass is 79.9. The standard InChI is InChI=1S/C20H12BrN3/c21-14-10-8-13(9-11-14)18-20-19(15-5-1-2-6-16(15)22-18)23-17-7-3-4-12-24(17)20/h1-12H. The van der Waals surface area contributed by atoms with Gasteiger partial charge in [0.2, 0.25) is 0 Å². The Bertz CT molecular complexity index is 1210. The molecule has 0 bridgehead atoms. The van der Waals surface area contributed by atoms with Crippen molar-refractivity contribution in [3.63, 3.8) is 0 Å².